The van der Waals surface area contributed by atoms with E-state index in [1.165, 1.54) is 12.5 Å². The van der Waals surface area contributed by atoms with E-state index in [0.717, 1.165) is 11.3 Å². The molecule has 1 aliphatic rings. The summed E-state index contributed by atoms with van der Waals surface area (Å²) in [4.78, 5) is 26.5. The van der Waals surface area contributed by atoms with Crippen molar-refractivity contribution in [2.24, 2.45) is 5.92 Å². The fourth-order valence-corrected chi connectivity index (χ4v) is 5.69. The number of hydrogen-bond donors (Lipinski definition) is 5. The van der Waals surface area contributed by atoms with Crippen LogP contribution in [-0.4, -0.2) is 62.6 Å². The molecule has 1 saturated carbocycles. The van der Waals surface area contributed by atoms with Gasteiger partial charge in [-0.15, -0.1) is 11.3 Å². The average Bonchev–Trinajstić information content (AvgIpc) is 3.38. The molecule has 14 heteroatoms. The summed E-state index contributed by atoms with van der Waals surface area (Å²) in [5.74, 6) is -0.609. The van der Waals surface area contributed by atoms with Crippen molar-refractivity contribution in [3.63, 3.8) is 0 Å². The van der Waals surface area contributed by atoms with Crippen molar-refractivity contribution in [3.8, 4) is 0 Å². The molecule has 0 amide bonds. The summed E-state index contributed by atoms with van der Waals surface area (Å²) in [6.07, 6.45) is 1.46. The lowest BCUT2D eigenvalue weighted by molar-refractivity contribution is 0.103. The standard InChI is InChI=1S/C22H24ClN5O6S2/c1-11-18(19(30)12-3-2-4-14(23)5-12)28-22(35-11)20(31)16-9-24-10-25-21(16)27-15-6-13(17(29)7-15)8-26-36(32,33)34/h2-5,9-10,13,15,17,19,26,29-30H,6-8H2,1H3,(H,24,25,27)(H,32,33,34)/t13-,15-,17+,19+/m1/s1. The maximum Gasteiger partial charge on any atom is 0.333 e. The quantitative estimate of drug-likeness (QED) is 0.195. The minimum atomic E-state index is -4.36. The lowest BCUT2D eigenvalue weighted by Crippen LogP contribution is -2.32. The number of halogens is 1. The van der Waals surface area contributed by atoms with E-state index < -0.39 is 34.2 Å². The summed E-state index contributed by atoms with van der Waals surface area (Å²) < 4.78 is 32.8. The van der Waals surface area contributed by atoms with Crippen LogP contribution >= 0.6 is 22.9 Å². The molecule has 0 saturated heterocycles. The number of nitrogens with zero attached hydrogens (tertiary/aromatic N) is 3. The maximum absolute atomic E-state index is 13.3. The number of benzene rings is 1. The van der Waals surface area contributed by atoms with Gasteiger partial charge in [0.2, 0.25) is 5.78 Å². The van der Waals surface area contributed by atoms with Gasteiger partial charge in [0, 0.05) is 34.6 Å². The van der Waals surface area contributed by atoms with E-state index in [0.29, 0.717) is 34.0 Å². The van der Waals surface area contributed by atoms with Crippen molar-refractivity contribution in [3.05, 3.63) is 68.5 Å². The third-order valence-electron chi connectivity index (χ3n) is 5.93. The highest BCUT2D eigenvalue weighted by Gasteiger charge is 2.34. The molecule has 11 nitrogen and oxygen atoms in total. The molecule has 1 aliphatic carbocycles. The number of hydrogen-bond acceptors (Lipinski definition) is 10. The third kappa shape index (κ3) is 6.24. The Hall–Kier alpha value is -2.52. The van der Waals surface area contributed by atoms with Crippen molar-refractivity contribution in [1.82, 2.24) is 19.7 Å². The molecule has 0 bridgehead atoms. The molecule has 1 fully saturated rings. The molecule has 1 aromatic carbocycles. The second-order valence-electron chi connectivity index (χ2n) is 8.50. The minimum absolute atomic E-state index is 0.121. The molecule has 0 spiro atoms. The van der Waals surface area contributed by atoms with Crippen LogP contribution in [0.2, 0.25) is 5.02 Å². The lowest BCUT2D eigenvalue weighted by atomic mass is 10.1. The maximum atomic E-state index is 13.3. The molecule has 2 heterocycles. The van der Waals surface area contributed by atoms with Gasteiger partial charge in [-0.25, -0.2) is 15.0 Å². The first-order chi connectivity index (χ1) is 17.0. The molecule has 192 valence electrons. The SMILES string of the molecule is Cc1sc(C(=O)c2cncnc2N[C@@H]2C[C@H](CNS(=O)(=O)O)[C@@H](O)C2)nc1[C@@H](O)c1cccc(Cl)c1. The molecule has 0 unspecified atom stereocenters. The van der Waals surface area contributed by atoms with Crippen molar-refractivity contribution < 1.29 is 28.0 Å². The van der Waals surface area contributed by atoms with E-state index >= 15 is 0 Å². The number of rotatable bonds is 9. The molecular weight excluding hydrogens is 530 g/mol. The van der Waals surface area contributed by atoms with Crippen molar-refractivity contribution in [1.29, 1.82) is 0 Å². The van der Waals surface area contributed by atoms with E-state index in [1.54, 1.807) is 31.2 Å². The van der Waals surface area contributed by atoms with Gasteiger partial charge in [0.05, 0.1) is 17.4 Å². The van der Waals surface area contributed by atoms with E-state index in [1.807, 2.05) is 4.72 Å². The number of carbonyl (C=O) groups excluding carboxylic acids is 1. The molecule has 0 radical (unpaired) electrons. The van der Waals surface area contributed by atoms with Crippen LogP contribution in [0.15, 0.2) is 36.8 Å². The van der Waals surface area contributed by atoms with Gasteiger partial charge in [0.25, 0.3) is 0 Å². The summed E-state index contributed by atoms with van der Waals surface area (Å²) in [6, 6.07) is 6.47. The number of aliphatic hydroxyl groups is 2. The summed E-state index contributed by atoms with van der Waals surface area (Å²) >= 11 is 7.17. The summed E-state index contributed by atoms with van der Waals surface area (Å²) in [5.41, 5.74) is 1.08. The Morgan fingerprint density at radius 1 is 1.33 bits per heavy atom. The third-order valence-corrected chi connectivity index (χ3v) is 7.69. The van der Waals surface area contributed by atoms with Gasteiger partial charge in [-0.1, -0.05) is 23.7 Å². The number of anilines is 1. The first-order valence-corrected chi connectivity index (χ1v) is 13.6. The van der Waals surface area contributed by atoms with Crippen LogP contribution in [0.4, 0.5) is 5.82 Å². The first kappa shape index (κ1) is 26.5. The predicted molar refractivity (Wildman–Crippen MR) is 134 cm³/mol. The average molecular weight is 554 g/mol. The molecule has 3 aromatic rings. The van der Waals surface area contributed by atoms with E-state index in [9.17, 15) is 23.4 Å². The Bertz CT molecular complexity index is 1370. The summed E-state index contributed by atoms with van der Waals surface area (Å²) in [6.45, 7) is 1.64. The number of carbonyl (C=O) groups is 1. The van der Waals surface area contributed by atoms with Crippen LogP contribution in [0.25, 0.3) is 0 Å². The van der Waals surface area contributed by atoms with E-state index in [-0.39, 0.29) is 29.0 Å². The Labute approximate surface area is 216 Å². The molecule has 4 atom stereocenters. The smallest absolute Gasteiger partial charge is 0.333 e. The molecule has 4 rings (SSSR count). The van der Waals surface area contributed by atoms with Gasteiger partial charge >= 0.3 is 10.3 Å². The van der Waals surface area contributed by atoms with Crippen molar-refractivity contribution >= 4 is 44.8 Å². The van der Waals surface area contributed by atoms with Crippen molar-refractivity contribution in [2.75, 3.05) is 11.9 Å². The normalized spacial score (nSPS) is 20.9. The van der Waals surface area contributed by atoms with Crippen LogP contribution in [0.3, 0.4) is 0 Å². The van der Waals surface area contributed by atoms with E-state index in [4.69, 9.17) is 16.2 Å². The topological polar surface area (TPSA) is 175 Å². The summed E-state index contributed by atoms with van der Waals surface area (Å²) in [7, 11) is -4.36. The molecule has 2 aromatic heterocycles. The fourth-order valence-electron chi connectivity index (χ4n) is 4.17. The van der Waals surface area contributed by atoms with Crippen LogP contribution in [0.1, 0.15) is 50.4 Å². The zero-order valence-electron chi connectivity index (χ0n) is 19.0. The van der Waals surface area contributed by atoms with Crippen LogP contribution in [0, 0.1) is 12.8 Å². The molecule has 5 N–H and O–H groups in total. The van der Waals surface area contributed by atoms with Gasteiger partial charge in [-0.05, 0) is 37.5 Å². The Morgan fingerprint density at radius 2 is 2.11 bits per heavy atom. The number of aryl methyl sites for hydroxylation is 1. The lowest BCUT2D eigenvalue weighted by Gasteiger charge is -2.15. The van der Waals surface area contributed by atoms with Gasteiger partial charge in [0.15, 0.2) is 5.01 Å². The number of thiazole rings is 1. The van der Waals surface area contributed by atoms with Crippen LogP contribution in [-0.2, 0) is 10.3 Å². The van der Waals surface area contributed by atoms with Gasteiger partial charge in [-0.3, -0.25) is 9.35 Å². The second-order valence-corrected chi connectivity index (χ2v) is 11.4. The van der Waals surface area contributed by atoms with Gasteiger partial charge in [0.1, 0.15) is 18.2 Å². The van der Waals surface area contributed by atoms with Crippen molar-refractivity contribution in [2.45, 2.75) is 38.0 Å². The highest BCUT2D eigenvalue weighted by atomic mass is 35.5. The van der Waals surface area contributed by atoms with E-state index in [2.05, 4.69) is 20.3 Å². The summed E-state index contributed by atoms with van der Waals surface area (Å²) in [5, 5.41) is 24.9. The Balaban J connectivity index is 1.51. The predicted octanol–water partition coefficient (Wildman–Crippen LogP) is 2.15. The number of aromatic nitrogens is 3. The second kappa shape index (κ2) is 10.8. The molecule has 36 heavy (non-hydrogen) atoms. The Morgan fingerprint density at radius 3 is 2.83 bits per heavy atom. The monoisotopic (exact) mass is 553 g/mol. The number of ketones is 1. The van der Waals surface area contributed by atoms with Crippen LogP contribution in [0.5, 0.6) is 0 Å². The highest BCUT2D eigenvalue weighted by Crippen LogP contribution is 2.32. The molecular formula is C22H24ClN5O6S2. The zero-order chi connectivity index (χ0) is 26.0. The number of nitrogens with one attached hydrogen (secondary N) is 2. The molecule has 0 aliphatic heterocycles. The van der Waals surface area contributed by atoms with Gasteiger partial charge in [-0.2, -0.15) is 13.1 Å². The highest BCUT2D eigenvalue weighted by molar-refractivity contribution is 7.83. The minimum Gasteiger partial charge on any atom is -0.393 e. The van der Waals surface area contributed by atoms with Crippen LogP contribution < -0.4 is 10.0 Å². The Kier molecular flexibility index (Phi) is 7.99. The fraction of sp³-hybridized carbons (Fsp3) is 0.364. The van der Waals surface area contributed by atoms with Gasteiger partial charge < -0.3 is 15.5 Å². The number of aliphatic hydroxyl groups excluding tert-OH is 2. The zero-order valence-corrected chi connectivity index (χ0v) is 21.4. The first-order valence-electron chi connectivity index (χ1n) is 10.9. The largest absolute Gasteiger partial charge is 0.393 e.